The lowest BCUT2D eigenvalue weighted by atomic mass is 10.2. The Hall–Kier alpha value is -2.72. The molecule has 1 N–H and O–H groups in total. The van der Waals surface area contributed by atoms with Crippen LogP contribution in [0.5, 0.6) is 0 Å². The highest BCUT2D eigenvalue weighted by Gasteiger charge is 2.21. The Kier molecular flexibility index (Phi) is 5.76. The second-order valence-electron chi connectivity index (χ2n) is 6.79. The van der Waals surface area contributed by atoms with Gasteiger partial charge in [-0.15, -0.1) is 4.40 Å². The quantitative estimate of drug-likeness (QED) is 0.770. The molecule has 1 saturated heterocycles. The molecule has 29 heavy (non-hydrogen) atoms. The van der Waals surface area contributed by atoms with Gasteiger partial charge < -0.3 is 10.2 Å². The molecular weight excluding hydrogens is 414 g/mol. The lowest BCUT2D eigenvalue weighted by Crippen LogP contribution is -2.20. The number of nitrogens with zero attached hydrogens (tertiary/aromatic N) is 2. The second kappa shape index (κ2) is 7.96. The zero-order valence-electron chi connectivity index (χ0n) is 16.0. The van der Waals surface area contributed by atoms with Crippen LogP contribution in [0.2, 0.25) is 0 Å². The van der Waals surface area contributed by atoms with E-state index < -0.39 is 25.8 Å². The highest BCUT2D eigenvalue weighted by Crippen LogP contribution is 2.21. The summed E-state index contributed by atoms with van der Waals surface area (Å²) in [5.74, 6) is -0.0380. The minimum Gasteiger partial charge on any atom is -0.362 e. The summed E-state index contributed by atoms with van der Waals surface area (Å²) in [7, 11) is -5.57. The Bertz CT molecular complexity index is 1190. The summed E-state index contributed by atoms with van der Waals surface area (Å²) >= 11 is 0. The fourth-order valence-electron chi connectivity index (χ4n) is 2.91. The van der Waals surface area contributed by atoms with Crippen LogP contribution in [0.1, 0.15) is 23.2 Å². The van der Waals surface area contributed by atoms with Crippen molar-refractivity contribution >= 4 is 37.3 Å². The van der Waals surface area contributed by atoms with Gasteiger partial charge in [0.1, 0.15) is 5.84 Å². The Labute approximate surface area is 170 Å². The maximum absolute atomic E-state index is 12.6. The number of rotatable bonds is 5. The first-order chi connectivity index (χ1) is 13.6. The summed E-state index contributed by atoms with van der Waals surface area (Å²) < 4.78 is 52.5. The fraction of sp³-hybridized carbons (Fsp3) is 0.263. The molecule has 1 heterocycles. The molecule has 0 spiro atoms. The summed E-state index contributed by atoms with van der Waals surface area (Å²) in [4.78, 5) is 14.3. The zero-order valence-corrected chi connectivity index (χ0v) is 17.6. The highest BCUT2D eigenvalue weighted by molar-refractivity contribution is 7.90. The maximum atomic E-state index is 12.6. The van der Waals surface area contributed by atoms with Gasteiger partial charge in [-0.05, 0) is 42.8 Å². The summed E-state index contributed by atoms with van der Waals surface area (Å²) in [5, 5.41) is 2.59. The molecule has 10 heteroatoms. The number of amidine groups is 1. The first kappa shape index (κ1) is 21.0. The minimum absolute atomic E-state index is 0.0259. The Morgan fingerprint density at radius 3 is 2.38 bits per heavy atom. The number of carbonyl (C=O) groups is 1. The van der Waals surface area contributed by atoms with Crippen LogP contribution in [0.4, 0.5) is 5.69 Å². The van der Waals surface area contributed by atoms with E-state index in [1.165, 1.54) is 42.5 Å². The molecule has 0 radical (unpaired) electrons. The molecule has 154 valence electrons. The van der Waals surface area contributed by atoms with Gasteiger partial charge in [-0.3, -0.25) is 4.79 Å². The third-order valence-corrected chi connectivity index (χ3v) is 6.89. The molecule has 2 aromatic rings. The van der Waals surface area contributed by atoms with Gasteiger partial charge in [0.25, 0.3) is 15.9 Å². The van der Waals surface area contributed by atoms with Crippen LogP contribution in [0.15, 0.2) is 62.7 Å². The SMILES string of the molecule is CN1CCC/C1=N\S(=O)(=O)c1cccc(NC(=O)c2cccc(S(C)(=O)=O)c2)c1. The van der Waals surface area contributed by atoms with Crippen molar-refractivity contribution < 1.29 is 21.6 Å². The molecule has 1 aliphatic rings. The van der Waals surface area contributed by atoms with E-state index in [1.54, 1.807) is 18.0 Å². The molecule has 0 saturated carbocycles. The molecule has 2 aromatic carbocycles. The van der Waals surface area contributed by atoms with Gasteiger partial charge in [0.15, 0.2) is 9.84 Å². The van der Waals surface area contributed by atoms with Gasteiger partial charge in [0, 0.05) is 37.5 Å². The van der Waals surface area contributed by atoms with Crippen molar-refractivity contribution in [2.24, 2.45) is 4.40 Å². The Morgan fingerprint density at radius 1 is 1.03 bits per heavy atom. The molecule has 0 aliphatic carbocycles. The van der Waals surface area contributed by atoms with Crippen LogP contribution in [0.25, 0.3) is 0 Å². The molecule has 1 aliphatic heterocycles. The van der Waals surface area contributed by atoms with E-state index in [2.05, 4.69) is 9.71 Å². The largest absolute Gasteiger partial charge is 0.362 e. The standard InChI is InChI=1S/C19H21N3O5S2/c1-22-11-5-10-18(22)21-29(26,27)17-9-4-7-15(13-17)20-19(23)14-6-3-8-16(12-14)28(2,24)25/h3-4,6-9,12-13H,5,10-11H2,1-2H3,(H,20,23)/b21-18+. The van der Waals surface area contributed by atoms with Crippen LogP contribution in [0.3, 0.4) is 0 Å². The summed E-state index contributed by atoms with van der Waals surface area (Å²) in [6, 6.07) is 11.4. The predicted molar refractivity (Wildman–Crippen MR) is 110 cm³/mol. The first-order valence-electron chi connectivity index (χ1n) is 8.83. The molecule has 0 aromatic heterocycles. The fourth-order valence-corrected chi connectivity index (χ4v) is 4.71. The van der Waals surface area contributed by atoms with Crippen molar-refractivity contribution in [1.29, 1.82) is 0 Å². The Balaban J connectivity index is 1.84. The number of carbonyl (C=O) groups excluding carboxylic acids is 1. The lowest BCUT2D eigenvalue weighted by Gasteiger charge is -2.11. The van der Waals surface area contributed by atoms with Crippen molar-refractivity contribution in [1.82, 2.24) is 4.90 Å². The van der Waals surface area contributed by atoms with Gasteiger partial charge in [0.05, 0.1) is 9.79 Å². The van der Waals surface area contributed by atoms with Crippen molar-refractivity contribution in [2.75, 3.05) is 25.2 Å². The average molecular weight is 436 g/mol. The van der Waals surface area contributed by atoms with E-state index in [9.17, 15) is 21.6 Å². The Morgan fingerprint density at radius 2 is 1.72 bits per heavy atom. The molecule has 1 fully saturated rings. The number of sulfone groups is 1. The number of anilines is 1. The number of sulfonamides is 1. The van der Waals surface area contributed by atoms with E-state index in [0.717, 1.165) is 19.2 Å². The number of amides is 1. The van der Waals surface area contributed by atoms with Crippen molar-refractivity contribution in [2.45, 2.75) is 22.6 Å². The normalized spacial score (nSPS) is 16.2. The highest BCUT2D eigenvalue weighted by atomic mass is 32.2. The zero-order chi connectivity index (χ0) is 21.2. The van der Waals surface area contributed by atoms with Crippen LogP contribution in [-0.2, 0) is 19.9 Å². The van der Waals surface area contributed by atoms with Crippen LogP contribution in [0, 0.1) is 0 Å². The van der Waals surface area contributed by atoms with Crippen molar-refractivity contribution in [3.05, 3.63) is 54.1 Å². The third-order valence-electron chi connectivity index (χ3n) is 4.47. The molecule has 3 rings (SSSR count). The molecule has 1 amide bonds. The molecule has 8 nitrogen and oxygen atoms in total. The van der Waals surface area contributed by atoms with Gasteiger partial charge in [-0.2, -0.15) is 8.42 Å². The van der Waals surface area contributed by atoms with Gasteiger partial charge in [-0.25, -0.2) is 8.42 Å². The van der Waals surface area contributed by atoms with Crippen molar-refractivity contribution in [3.8, 4) is 0 Å². The van der Waals surface area contributed by atoms with Crippen molar-refractivity contribution in [3.63, 3.8) is 0 Å². The first-order valence-corrected chi connectivity index (χ1v) is 12.2. The monoisotopic (exact) mass is 435 g/mol. The van der Waals surface area contributed by atoms with E-state index in [4.69, 9.17) is 0 Å². The molecular formula is C19H21N3O5S2. The third kappa shape index (κ3) is 5.01. The van der Waals surface area contributed by atoms with Crippen LogP contribution >= 0.6 is 0 Å². The lowest BCUT2D eigenvalue weighted by molar-refractivity contribution is 0.102. The van der Waals surface area contributed by atoms with E-state index >= 15 is 0 Å². The topological polar surface area (TPSA) is 113 Å². The average Bonchev–Trinajstić information content (AvgIpc) is 3.05. The molecule has 0 bridgehead atoms. The van der Waals surface area contributed by atoms with E-state index in [0.29, 0.717) is 12.3 Å². The smallest absolute Gasteiger partial charge is 0.284 e. The number of nitrogens with one attached hydrogen (secondary N) is 1. The van der Waals surface area contributed by atoms with Crippen LogP contribution < -0.4 is 5.32 Å². The number of hydrogen-bond acceptors (Lipinski definition) is 5. The van der Waals surface area contributed by atoms with E-state index in [1.807, 2.05) is 0 Å². The number of benzene rings is 2. The van der Waals surface area contributed by atoms with Gasteiger partial charge in [0.2, 0.25) is 0 Å². The summed E-state index contributed by atoms with van der Waals surface area (Å²) in [6.07, 6.45) is 2.51. The molecule has 0 unspecified atom stereocenters. The minimum atomic E-state index is -3.91. The van der Waals surface area contributed by atoms with Gasteiger partial charge in [-0.1, -0.05) is 12.1 Å². The second-order valence-corrected chi connectivity index (χ2v) is 10.4. The van der Waals surface area contributed by atoms with E-state index in [-0.39, 0.29) is 21.0 Å². The molecule has 0 atom stereocenters. The summed E-state index contributed by atoms with van der Waals surface area (Å²) in [5.41, 5.74) is 0.412. The summed E-state index contributed by atoms with van der Waals surface area (Å²) in [6.45, 7) is 0.761. The predicted octanol–water partition coefficient (Wildman–Crippen LogP) is 2.16. The maximum Gasteiger partial charge on any atom is 0.284 e. The number of likely N-dealkylation sites (tertiary alicyclic amines) is 1. The van der Waals surface area contributed by atoms with Crippen LogP contribution in [-0.4, -0.2) is 53.3 Å². The number of hydrogen-bond donors (Lipinski definition) is 1. The van der Waals surface area contributed by atoms with Gasteiger partial charge >= 0.3 is 0 Å².